The lowest BCUT2D eigenvalue weighted by molar-refractivity contribution is 0.195. The average Bonchev–Trinajstić information content (AvgIpc) is 3.25. The fraction of sp³-hybridized carbons (Fsp3) is 0.277. The van der Waals surface area contributed by atoms with E-state index in [1.807, 2.05) is 24.3 Å². The number of allylic oxidation sites excluding steroid dienone is 2. The molecule has 0 amide bonds. The van der Waals surface area contributed by atoms with Crippen LogP contribution in [0.15, 0.2) is 103 Å². The van der Waals surface area contributed by atoms with E-state index in [0.717, 1.165) is 41.9 Å². The molecule has 5 aromatic rings. The number of anilines is 4. The first kappa shape index (κ1) is 31.4. The van der Waals surface area contributed by atoms with Gasteiger partial charge in [0.05, 0.1) is 28.8 Å². The second-order valence-electron chi connectivity index (χ2n) is 15.6. The van der Waals surface area contributed by atoms with E-state index in [2.05, 4.69) is 135 Å². The molecular weight excluding hydrogens is 621 g/mol. The maximum Gasteiger partial charge on any atom is 0.0992 e. The number of hydrogen-bond donors (Lipinski definition) is 0. The Morgan fingerprint density at radius 1 is 0.804 bits per heavy atom. The molecule has 0 saturated heterocycles. The summed E-state index contributed by atoms with van der Waals surface area (Å²) in [5.41, 5.74) is 13.4. The van der Waals surface area contributed by atoms with Gasteiger partial charge in [-0.3, -0.25) is 0 Å². The van der Waals surface area contributed by atoms with Crippen LogP contribution < -0.4 is 9.80 Å². The summed E-state index contributed by atoms with van der Waals surface area (Å²) in [7, 11) is 0. The molecule has 1 aliphatic heterocycles. The van der Waals surface area contributed by atoms with Crippen LogP contribution in [0.5, 0.6) is 0 Å². The lowest BCUT2D eigenvalue weighted by atomic mass is 9.61. The van der Waals surface area contributed by atoms with Crippen molar-refractivity contribution in [1.29, 1.82) is 10.5 Å². The third kappa shape index (κ3) is 4.49. The topological polar surface area (TPSA) is 54.1 Å². The van der Waals surface area contributed by atoms with Gasteiger partial charge >= 0.3 is 0 Å². The molecule has 0 bridgehead atoms. The molecule has 4 atom stereocenters. The van der Waals surface area contributed by atoms with Crippen LogP contribution >= 0.6 is 0 Å². The molecule has 4 heteroatoms. The molecule has 1 fully saturated rings. The van der Waals surface area contributed by atoms with Crippen LogP contribution in [0.25, 0.3) is 22.5 Å². The van der Waals surface area contributed by atoms with E-state index in [1.54, 1.807) is 0 Å². The van der Waals surface area contributed by atoms with Crippen LogP contribution in [0.1, 0.15) is 97.7 Å². The van der Waals surface area contributed by atoms with Crippen molar-refractivity contribution >= 4 is 45.3 Å². The number of nitrogens with zero attached hydrogens (tertiary/aromatic N) is 4. The van der Waals surface area contributed by atoms with Gasteiger partial charge in [-0.05, 0) is 116 Å². The van der Waals surface area contributed by atoms with E-state index in [-0.39, 0.29) is 16.9 Å². The Balaban J connectivity index is 1.29. The molecule has 4 nitrogen and oxygen atoms in total. The minimum absolute atomic E-state index is 0.0550. The molecule has 1 heterocycles. The van der Waals surface area contributed by atoms with Crippen LogP contribution in [0.2, 0.25) is 0 Å². The van der Waals surface area contributed by atoms with Crippen LogP contribution in [-0.2, 0) is 5.41 Å². The van der Waals surface area contributed by atoms with Crippen molar-refractivity contribution in [2.45, 2.75) is 76.7 Å². The first-order valence-electron chi connectivity index (χ1n) is 18.5. The number of hydrogen-bond acceptors (Lipinski definition) is 4. The van der Waals surface area contributed by atoms with Crippen LogP contribution in [0.3, 0.4) is 0 Å². The zero-order valence-corrected chi connectivity index (χ0v) is 29.9. The number of fused-ring (bicyclic) bond motifs is 3. The highest BCUT2D eigenvalue weighted by Gasteiger charge is 2.58. The van der Waals surface area contributed by atoms with E-state index in [9.17, 15) is 10.5 Å². The lowest BCUT2D eigenvalue weighted by Crippen LogP contribution is -2.54. The van der Waals surface area contributed by atoms with Crippen LogP contribution in [0, 0.1) is 35.5 Å². The largest absolute Gasteiger partial charge is 0.334 e. The Bertz CT molecular complexity index is 2400. The smallest absolute Gasteiger partial charge is 0.0992 e. The Hall–Kier alpha value is -5.58. The van der Waals surface area contributed by atoms with Gasteiger partial charge in [0.1, 0.15) is 0 Å². The SMILES string of the molecule is Cc1ccc(N(C2=CCC(C)C3C=Cc4c(N5c6ccc(C#N)cc6C6(C)CCCCC56C)ccc5ccc2c3c45)c2cccc(C#N)c2)cc1. The van der Waals surface area contributed by atoms with Gasteiger partial charge in [0.15, 0.2) is 0 Å². The van der Waals surface area contributed by atoms with Gasteiger partial charge in [0.2, 0.25) is 0 Å². The Kier molecular flexibility index (Phi) is 7.07. The van der Waals surface area contributed by atoms with Crippen LogP contribution in [0.4, 0.5) is 22.7 Å². The Morgan fingerprint density at radius 2 is 1.55 bits per heavy atom. The summed E-state index contributed by atoms with van der Waals surface area (Å²) >= 11 is 0. The van der Waals surface area contributed by atoms with E-state index >= 15 is 0 Å². The number of nitriles is 2. The standard InChI is InChI=1S/C47H42N4/c1-30-10-16-35(17-11-30)50(36-9-7-8-32(26-36)28-48)41-21-12-31(2)37-19-20-39-42(23-15-34-14-18-38(41)45(37)44(34)39)51-43-22-13-33(29-49)27-40(43)46(3)24-5-6-25-47(46,51)4/h7-11,13-23,26-27,31,37H,5-6,12,24-25H2,1-4H3. The van der Waals surface area contributed by atoms with Crippen molar-refractivity contribution in [2.24, 2.45) is 5.92 Å². The van der Waals surface area contributed by atoms with Gasteiger partial charge in [-0.2, -0.15) is 10.5 Å². The van der Waals surface area contributed by atoms with E-state index in [0.29, 0.717) is 11.5 Å². The van der Waals surface area contributed by atoms with E-state index in [1.165, 1.54) is 62.8 Å². The predicted octanol–water partition coefficient (Wildman–Crippen LogP) is 12.0. The molecule has 5 aromatic carbocycles. The van der Waals surface area contributed by atoms with Crippen molar-refractivity contribution in [1.82, 2.24) is 0 Å². The summed E-state index contributed by atoms with van der Waals surface area (Å²) in [5, 5.41) is 22.4. The van der Waals surface area contributed by atoms with Crippen molar-refractivity contribution in [3.8, 4) is 12.1 Å². The van der Waals surface area contributed by atoms with Crippen molar-refractivity contribution < 1.29 is 0 Å². The Labute approximate surface area is 301 Å². The minimum Gasteiger partial charge on any atom is -0.334 e. The minimum atomic E-state index is -0.116. The highest BCUT2D eigenvalue weighted by molar-refractivity contribution is 6.05. The molecule has 0 spiro atoms. The zero-order valence-electron chi connectivity index (χ0n) is 29.9. The molecule has 0 aromatic heterocycles. The van der Waals surface area contributed by atoms with Gasteiger partial charge in [0.25, 0.3) is 0 Å². The lowest BCUT2D eigenvalue weighted by Gasteiger charge is -2.50. The molecule has 9 rings (SSSR count). The second-order valence-corrected chi connectivity index (χ2v) is 15.6. The molecule has 51 heavy (non-hydrogen) atoms. The summed E-state index contributed by atoms with van der Waals surface area (Å²) < 4.78 is 0. The van der Waals surface area contributed by atoms with Crippen LogP contribution in [-0.4, -0.2) is 5.54 Å². The number of rotatable bonds is 4. The number of benzene rings is 5. The second kappa shape index (κ2) is 11.5. The molecular formula is C47H42N4. The summed E-state index contributed by atoms with van der Waals surface area (Å²) in [6, 6.07) is 37.2. The monoisotopic (exact) mass is 662 g/mol. The summed E-state index contributed by atoms with van der Waals surface area (Å²) in [6.45, 7) is 9.42. The fourth-order valence-electron chi connectivity index (χ4n) is 9.95. The third-order valence-electron chi connectivity index (χ3n) is 12.9. The number of aryl methyl sites for hydroxylation is 1. The van der Waals surface area contributed by atoms with E-state index < -0.39 is 0 Å². The van der Waals surface area contributed by atoms with Gasteiger partial charge in [0, 0.05) is 50.9 Å². The zero-order chi connectivity index (χ0) is 35.1. The summed E-state index contributed by atoms with van der Waals surface area (Å²) in [5.74, 6) is 0.673. The van der Waals surface area contributed by atoms with E-state index in [4.69, 9.17) is 0 Å². The summed E-state index contributed by atoms with van der Waals surface area (Å²) in [4.78, 5) is 5.01. The average molecular weight is 663 g/mol. The van der Waals surface area contributed by atoms with Gasteiger partial charge < -0.3 is 9.80 Å². The quantitative estimate of drug-likeness (QED) is 0.192. The van der Waals surface area contributed by atoms with Gasteiger partial charge in [-0.15, -0.1) is 0 Å². The molecule has 4 unspecified atom stereocenters. The molecule has 250 valence electrons. The Morgan fingerprint density at radius 3 is 2.35 bits per heavy atom. The van der Waals surface area contributed by atoms with Gasteiger partial charge in [-0.1, -0.05) is 86.9 Å². The molecule has 0 N–H and O–H groups in total. The molecule has 4 aliphatic rings. The molecule has 0 radical (unpaired) electrons. The highest BCUT2D eigenvalue weighted by Crippen LogP contribution is 2.62. The maximum absolute atomic E-state index is 9.91. The maximum atomic E-state index is 9.91. The summed E-state index contributed by atoms with van der Waals surface area (Å²) in [6.07, 6.45) is 12.9. The van der Waals surface area contributed by atoms with Crippen molar-refractivity contribution in [3.63, 3.8) is 0 Å². The third-order valence-corrected chi connectivity index (χ3v) is 12.9. The fourth-order valence-corrected chi connectivity index (χ4v) is 9.95. The highest BCUT2D eigenvalue weighted by atomic mass is 15.3. The van der Waals surface area contributed by atoms with Crippen molar-refractivity contribution in [2.75, 3.05) is 9.80 Å². The normalized spacial score (nSPS) is 24.2. The first-order valence-corrected chi connectivity index (χ1v) is 18.5. The predicted molar refractivity (Wildman–Crippen MR) is 209 cm³/mol. The first-order chi connectivity index (χ1) is 24.8. The van der Waals surface area contributed by atoms with Crippen molar-refractivity contribution in [3.05, 3.63) is 142 Å². The van der Waals surface area contributed by atoms with Gasteiger partial charge in [-0.25, -0.2) is 0 Å². The molecule has 1 saturated carbocycles. The molecule has 3 aliphatic carbocycles.